The van der Waals surface area contributed by atoms with Crippen molar-refractivity contribution in [3.05, 3.63) is 60.2 Å². The number of hydrogen-bond donors (Lipinski definition) is 2. The zero-order valence-electron chi connectivity index (χ0n) is 13.9. The Balaban J connectivity index is 1.95. The minimum Gasteiger partial charge on any atom is -0.492 e. The number of carbonyl (C=O) groups is 1. The largest absolute Gasteiger partial charge is 0.492 e. The number of urea groups is 1. The van der Waals surface area contributed by atoms with Crippen LogP contribution in [0.1, 0.15) is 26.3 Å². The van der Waals surface area contributed by atoms with Crippen LogP contribution >= 0.6 is 0 Å². The lowest BCUT2D eigenvalue weighted by Gasteiger charge is -2.25. The van der Waals surface area contributed by atoms with E-state index in [9.17, 15) is 4.79 Å². The molecule has 0 saturated carbocycles. The summed E-state index contributed by atoms with van der Waals surface area (Å²) in [5.41, 5.74) is 1.72. The van der Waals surface area contributed by atoms with Gasteiger partial charge in [0.2, 0.25) is 0 Å². The molecule has 2 N–H and O–H groups in total. The number of benzene rings is 2. The molecular weight excluding hydrogens is 288 g/mol. The maximum Gasteiger partial charge on any atom is 0.319 e. The molecule has 0 spiro atoms. The molecule has 4 nitrogen and oxygen atoms in total. The lowest BCUT2D eigenvalue weighted by atomic mass is 9.85. The van der Waals surface area contributed by atoms with Crippen LogP contribution in [0.2, 0.25) is 0 Å². The first kappa shape index (κ1) is 16.9. The maximum atomic E-state index is 12.2. The average Bonchev–Trinajstić information content (AvgIpc) is 2.56. The molecule has 0 unspecified atom stereocenters. The van der Waals surface area contributed by atoms with Gasteiger partial charge < -0.3 is 15.4 Å². The third-order valence-corrected chi connectivity index (χ3v) is 3.68. The monoisotopic (exact) mass is 312 g/mol. The van der Waals surface area contributed by atoms with Gasteiger partial charge in [0.25, 0.3) is 0 Å². The summed E-state index contributed by atoms with van der Waals surface area (Å²) in [5.74, 6) is 0.674. The first-order valence-electron chi connectivity index (χ1n) is 7.85. The van der Waals surface area contributed by atoms with E-state index in [1.165, 1.54) is 5.56 Å². The lowest BCUT2D eigenvalue weighted by Crippen LogP contribution is -2.39. The molecule has 0 heterocycles. The van der Waals surface area contributed by atoms with Gasteiger partial charge in [-0.2, -0.15) is 0 Å². The van der Waals surface area contributed by atoms with Crippen molar-refractivity contribution < 1.29 is 9.53 Å². The summed E-state index contributed by atoms with van der Waals surface area (Å²) in [4.78, 5) is 12.2. The molecule has 0 aromatic heterocycles. The number of ether oxygens (including phenoxy) is 1. The van der Waals surface area contributed by atoms with Crippen molar-refractivity contribution in [1.29, 1.82) is 0 Å². The van der Waals surface area contributed by atoms with Crippen LogP contribution in [-0.4, -0.2) is 19.2 Å². The van der Waals surface area contributed by atoms with Crippen molar-refractivity contribution in [1.82, 2.24) is 5.32 Å². The minimum atomic E-state index is -0.235. The SMILES string of the molecule is CCOc1ccccc1NC(=O)NCC(C)(C)c1ccccc1. The maximum absolute atomic E-state index is 12.2. The Hall–Kier alpha value is -2.49. The molecule has 4 heteroatoms. The number of hydrogen-bond acceptors (Lipinski definition) is 2. The smallest absolute Gasteiger partial charge is 0.319 e. The van der Waals surface area contributed by atoms with Crippen molar-refractivity contribution in [2.45, 2.75) is 26.2 Å². The van der Waals surface area contributed by atoms with Gasteiger partial charge in [-0.3, -0.25) is 0 Å². The van der Waals surface area contributed by atoms with E-state index >= 15 is 0 Å². The van der Waals surface area contributed by atoms with Gasteiger partial charge in [-0.15, -0.1) is 0 Å². The number of rotatable bonds is 6. The first-order valence-corrected chi connectivity index (χ1v) is 7.85. The standard InChI is InChI=1S/C19H24N2O2/c1-4-23-17-13-9-8-12-16(17)21-18(22)20-14-19(2,3)15-10-6-5-7-11-15/h5-13H,4,14H2,1-3H3,(H2,20,21,22). The molecule has 23 heavy (non-hydrogen) atoms. The van der Waals surface area contributed by atoms with Crippen molar-refractivity contribution in [3.8, 4) is 5.75 Å². The van der Waals surface area contributed by atoms with Gasteiger partial charge in [0.15, 0.2) is 0 Å². The fourth-order valence-corrected chi connectivity index (χ4v) is 2.31. The fourth-order valence-electron chi connectivity index (χ4n) is 2.31. The van der Waals surface area contributed by atoms with Crippen LogP contribution in [0.25, 0.3) is 0 Å². The summed E-state index contributed by atoms with van der Waals surface area (Å²) in [6.45, 7) is 7.23. The molecule has 2 amide bonds. The number of amides is 2. The van der Waals surface area contributed by atoms with Crippen molar-refractivity contribution in [3.63, 3.8) is 0 Å². The molecule has 0 saturated heterocycles. The molecule has 2 rings (SSSR count). The highest BCUT2D eigenvalue weighted by atomic mass is 16.5. The second-order valence-electron chi connectivity index (χ2n) is 5.99. The van der Waals surface area contributed by atoms with Gasteiger partial charge >= 0.3 is 6.03 Å². The molecule has 2 aromatic carbocycles. The molecule has 0 aliphatic heterocycles. The van der Waals surface area contributed by atoms with E-state index in [4.69, 9.17) is 4.74 Å². The molecule has 122 valence electrons. The van der Waals surface area contributed by atoms with Crippen LogP contribution < -0.4 is 15.4 Å². The average molecular weight is 312 g/mol. The highest BCUT2D eigenvalue weighted by molar-refractivity contribution is 5.90. The molecular formula is C19H24N2O2. The summed E-state index contributed by atoms with van der Waals surface area (Å²) in [7, 11) is 0. The van der Waals surface area contributed by atoms with Gasteiger partial charge in [-0.05, 0) is 24.6 Å². The topological polar surface area (TPSA) is 50.4 Å². The number of anilines is 1. The molecule has 2 aromatic rings. The lowest BCUT2D eigenvalue weighted by molar-refractivity contribution is 0.249. The fraction of sp³-hybridized carbons (Fsp3) is 0.316. The third-order valence-electron chi connectivity index (χ3n) is 3.68. The Bertz CT molecular complexity index is 639. The Kier molecular flexibility index (Phi) is 5.63. The van der Waals surface area contributed by atoms with Crippen LogP contribution in [0.5, 0.6) is 5.75 Å². The summed E-state index contributed by atoms with van der Waals surface area (Å²) in [6, 6.07) is 17.3. The zero-order chi connectivity index (χ0) is 16.7. The number of para-hydroxylation sites is 2. The van der Waals surface area contributed by atoms with Gasteiger partial charge in [0.05, 0.1) is 12.3 Å². The van der Waals surface area contributed by atoms with Crippen molar-refractivity contribution in [2.24, 2.45) is 0 Å². The van der Waals surface area contributed by atoms with E-state index in [-0.39, 0.29) is 11.4 Å². The molecule has 0 atom stereocenters. The second-order valence-corrected chi connectivity index (χ2v) is 5.99. The van der Waals surface area contributed by atoms with Crippen LogP contribution in [0.15, 0.2) is 54.6 Å². The Morgan fingerprint density at radius 3 is 2.39 bits per heavy atom. The van der Waals surface area contributed by atoms with E-state index in [1.54, 1.807) is 0 Å². The van der Waals surface area contributed by atoms with Crippen molar-refractivity contribution in [2.75, 3.05) is 18.5 Å². The van der Waals surface area contributed by atoms with E-state index in [0.29, 0.717) is 24.6 Å². The summed E-state index contributed by atoms with van der Waals surface area (Å²) in [6.07, 6.45) is 0. The summed E-state index contributed by atoms with van der Waals surface area (Å²) >= 11 is 0. The predicted molar refractivity (Wildman–Crippen MR) is 94.1 cm³/mol. The Morgan fingerprint density at radius 1 is 1.04 bits per heavy atom. The van der Waals surface area contributed by atoms with Gasteiger partial charge in [0.1, 0.15) is 5.75 Å². The van der Waals surface area contributed by atoms with Crippen LogP contribution in [0.4, 0.5) is 10.5 Å². The Labute approximate surface area is 137 Å². The quantitative estimate of drug-likeness (QED) is 0.840. The zero-order valence-corrected chi connectivity index (χ0v) is 13.9. The van der Waals surface area contributed by atoms with Crippen LogP contribution in [0.3, 0.4) is 0 Å². The first-order chi connectivity index (χ1) is 11.0. The van der Waals surface area contributed by atoms with E-state index in [2.05, 4.69) is 36.6 Å². The van der Waals surface area contributed by atoms with Crippen LogP contribution in [-0.2, 0) is 5.41 Å². The van der Waals surface area contributed by atoms with Gasteiger partial charge in [0, 0.05) is 12.0 Å². The second kappa shape index (κ2) is 7.68. The molecule has 0 fully saturated rings. The summed E-state index contributed by atoms with van der Waals surface area (Å²) < 4.78 is 5.51. The predicted octanol–water partition coefficient (Wildman–Crippen LogP) is 4.18. The number of nitrogens with one attached hydrogen (secondary N) is 2. The minimum absolute atomic E-state index is 0.141. The molecule has 0 aliphatic rings. The Morgan fingerprint density at radius 2 is 1.70 bits per heavy atom. The molecule has 0 bridgehead atoms. The third kappa shape index (κ3) is 4.74. The van der Waals surface area contributed by atoms with E-state index in [1.807, 2.05) is 49.4 Å². The van der Waals surface area contributed by atoms with Crippen LogP contribution in [0, 0.1) is 0 Å². The molecule has 0 aliphatic carbocycles. The van der Waals surface area contributed by atoms with Gasteiger partial charge in [-0.25, -0.2) is 4.79 Å². The van der Waals surface area contributed by atoms with E-state index < -0.39 is 0 Å². The van der Waals surface area contributed by atoms with E-state index in [0.717, 1.165) is 0 Å². The van der Waals surface area contributed by atoms with Gasteiger partial charge in [-0.1, -0.05) is 56.3 Å². The highest BCUT2D eigenvalue weighted by Gasteiger charge is 2.21. The molecule has 0 radical (unpaired) electrons. The normalized spacial score (nSPS) is 10.9. The number of carbonyl (C=O) groups excluding carboxylic acids is 1. The summed E-state index contributed by atoms with van der Waals surface area (Å²) in [5, 5.41) is 5.78. The highest BCUT2D eigenvalue weighted by Crippen LogP contribution is 2.24. The van der Waals surface area contributed by atoms with Crippen molar-refractivity contribution >= 4 is 11.7 Å².